The van der Waals surface area contributed by atoms with Crippen LogP contribution >= 0.6 is 39.9 Å². The monoisotopic (exact) mass is 348 g/mol. The molecule has 0 aliphatic carbocycles. The summed E-state index contributed by atoms with van der Waals surface area (Å²) in [5, 5.41) is 0. The molecule has 100 valence electrons. The van der Waals surface area contributed by atoms with Gasteiger partial charge in [0.25, 0.3) is 0 Å². The van der Waals surface area contributed by atoms with Crippen molar-refractivity contribution in [2.24, 2.45) is 5.92 Å². The lowest BCUT2D eigenvalue weighted by atomic mass is 10.1. The van der Waals surface area contributed by atoms with Crippen molar-refractivity contribution >= 4 is 39.9 Å². The van der Waals surface area contributed by atoms with Crippen molar-refractivity contribution in [3.8, 4) is 0 Å². The number of aromatic amines is 1. The zero-order valence-corrected chi connectivity index (χ0v) is 13.8. The van der Waals surface area contributed by atoms with Crippen molar-refractivity contribution in [1.29, 1.82) is 0 Å². The summed E-state index contributed by atoms with van der Waals surface area (Å²) in [5.41, 5.74) is 1.12. The predicted molar refractivity (Wildman–Crippen MR) is 81.7 cm³/mol. The lowest BCUT2D eigenvalue weighted by molar-refractivity contribution is 0.0691. The summed E-state index contributed by atoms with van der Waals surface area (Å²) in [5.74, 6) is 3.45. The third kappa shape index (κ3) is 3.56. The van der Waals surface area contributed by atoms with Gasteiger partial charge in [0.15, 0.2) is 0 Å². The lowest BCUT2D eigenvalue weighted by Gasteiger charge is -2.22. The molecule has 3 nitrogen and oxygen atoms in total. The third-order valence-corrected chi connectivity index (χ3v) is 5.09. The SMILES string of the molecule is CC(C)Cc1[nH]c(C2CSCCO2)nc(=S)c1Br. The zero-order chi connectivity index (χ0) is 13.1. The molecule has 1 aliphatic heterocycles. The van der Waals surface area contributed by atoms with Gasteiger partial charge in [-0.25, -0.2) is 4.98 Å². The Morgan fingerprint density at radius 3 is 3.00 bits per heavy atom. The van der Waals surface area contributed by atoms with Crippen LogP contribution in [0.3, 0.4) is 0 Å². The molecule has 1 N–H and O–H groups in total. The van der Waals surface area contributed by atoms with E-state index in [0.717, 1.165) is 40.5 Å². The zero-order valence-electron chi connectivity index (χ0n) is 10.5. The number of nitrogens with one attached hydrogen (secondary N) is 1. The maximum atomic E-state index is 5.74. The van der Waals surface area contributed by atoms with Crippen molar-refractivity contribution in [3.05, 3.63) is 20.6 Å². The normalized spacial score (nSPS) is 20.3. The molecule has 1 aliphatic rings. The van der Waals surface area contributed by atoms with Crippen LogP contribution in [0.15, 0.2) is 4.47 Å². The minimum absolute atomic E-state index is 0.0458. The van der Waals surface area contributed by atoms with Gasteiger partial charge in [-0.05, 0) is 28.3 Å². The molecule has 2 rings (SSSR count). The molecule has 1 atom stereocenters. The van der Waals surface area contributed by atoms with E-state index in [4.69, 9.17) is 17.0 Å². The van der Waals surface area contributed by atoms with Crippen LogP contribution in [-0.2, 0) is 11.2 Å². The average molecular weight is 349 g/mol. The van der Waals surface area contributed by atoms with Gasteiger partial charge in [0.05, 0.1) is 11.1 Å². The summed E-state index contributed by atoms with van der Waals surface area (Å²) in [7, 11) is 0. The molecule has 1 fully saturated rings. The van der Waals surface area contributed by atoms with E-state index in [1.807, 2.05) is 11.8 Å². The summed E-state index contributed by atoms with van der Waals surface area (Å²) >= 11 is 10.7. The van der Waals surface area contributed by atoms with E-state index in [1.54, 1.807) is 0 Å². The van der Waals surface area contributed by atoms with Gasteiger partial charge < -0.3 is 9.72 Å². The van der Waals surface area contributed by atoms with Crippen LogP contribution in [0.2, 0.25) is 0 Å². The van der Waals surface area contributed by atoms with E-state index in [9.17, 15) is 0 Å². The fourth-order valence-electron chi connectivity index (χ4n) is 1.87. The van der Waals surface area contributed by atoms with E-state index >= 15 is 0 Å². The molecule has 0 amide bonds. The van der Waals surface area contributed by atoms with Gasteiger partial charge in [0.1, 0.15) is 16.6 Å². The second-order valence-electron chi connectivity index (χ2n) is 4.75. The summed E-state index contributed by atoms with van der Waals surface area (Å²) < 4.78 is 7.28. The Bertz CT molecular complexity index is 470. The Morgan fingerprint density at radius 2 is 2.39 bits per heavy atom. The first-order valence-electron chi connectivity index (χ1n) is 6.06. The van der Waals surface area contributed by atoms with Gasteiger partial charge in [-0.1, -0.05) is 26.1 Å². The number of halogens is 1. The fraction of sp³-hybridized carbons (Fsp3) is 0.667. The molecule has 1 unspecified atom stereocenters. The molecule has 6 heteroatoms. The fourth-order valence-corrected chi connectivity index (χ4v) is 3.29. The molecule has 1 aromatic heterocycles. The minimum Gasteiger partial charge on any atom is -0.369 e. The van der Waals surface area contributed by atoms with Crippen molar-refractivity contribution in [2.75, 3.05) is 18.1 Å². The molecule has 2 heterocycles. The first-order valence-corrected chi connectivity index (χ1v) is 8.41. The van der Waals surface area contributed by atoms with Crippen molar-refractivity contribution in [3.63, 3.8) is 0 Å². The molecule has 0 radical (unpaired) electrons. The second-order valence-corrected chi connectivity index (χ2v) is 7.08. The number of H-pyrrole nitrogens is 1. The van der Waals surface area contributed by atoms with Crippen LogP contribution in [0.1, 0.15) is 31.5 Å². The predicted octanol–water partition coefficient (Wildman–Crippen LogP) is 3.90. The number of ether oxygens (including phenoxy) is 1. The van der Waals surface area contributed by atoms with Crippen LogP contribution < -0.4 is 0 Å². The van der Waals surface area contributed by atoms with E-state index in [0.29, 0.717) is 10.6 Å². The van der Waals surface area contributed by atoms with Crippen LogP contribution in [0, 0.1) is 10.6 Å². The summed E-state index contributed by atoms with van der Waals surface area (Å²) in [6, 6.07) is 0. The maximum absolute atomic E-state index is 5.74. The summed E-state index contributed by atoms with van der Waals surface area (Å²) in [6.45, 7) is 5.17. The number of hydrogen-bond acceptors (Lipinski definition) is 4. The number of thioether (sulfide) groups is 1. The summed E-state index contributed by atoms with van der Waals surface area (Å²) in [4.78, 5) is 7.83. The van der Waals surface area contributed by atoms with Crippen molar-refractivity contribution in [1.82, 2.24) is 9.97 Å². The topological polar surface area (TPSA) is 37.9 Å². The van der Waals surface area contributed by atoms with Crippen molar-refractivity contribution in [2.45, 2.75) is 26.4 Å². The highest BCUT2D eigenvalue weighted by Crippen LogP contribution is 2.27. The smallest absolute Gasteiger partial charge is 0.144 e. The van der Waals surface area contributed by atoms with Crippen LogP contribution in [-0.4, -0.2) is 28.1 Å². The van der Waals surface area contributed by atoms with Gasteiger partial charge in [-0.2, -0.15) is 11.8 Å². The van der Waals surface area contributed by atoms with Gasteiger partial charge in [-0.3, -0.25) is 0 Å². The van der Waals surface area contributed by atoms with Gasteiger partial charge in [0.2, 0.25) is 0 Å². The lowest BCUT2D eigenvalue weighted by Crippen LogP contribution is -2.19. The van der Waals surface area contributed by atoms with Crippen LogP contribution in [0.5, 0.6) is 0 Å². The molecule has 1 aromatic rings. The number of hydrogen-bond donors (Lipinski definition) is 1. The highest BCUT2D eigenvalue weighted by Gasteiger charge is 2.20. The Labute approximate surface area is 125 Å². The quantitative estimate of drug-likeness (QED) is 0.840. The van der Waals surface area contributed by atoms with E-state index in [2.05, 4.69) is 39.7 Å². The molecular formula is C12H17BrN2OS2. The molecule has 0 spiro atoms. The van der Waals surface area contributed by atoms with Gasteiger partial charge in [0, 0.05) is 17.2 Å². The number of aromatic nitrogens is 2. The number of nitrogens with zero attached hydrogens (tertiary/aromatic N) is 1. The highest BCUT2D eigenvalue weighted by molar-refractivity contribution is 9.10. The standard InChI is InChI=1S/C12H17BrN2OS2/c1-7(2)5-8-10(13)12(17)15-11(14-8)9-6-18-4-3-16-9/h7,9H,3-6H2,1-2H3,(H,14,15,17). The number of rotatable bonds is 3. The first-order chi connectivity index (χ1) is 8.58. The van der Waals surface area contributed by atoms with Crippen molar-refractivity contribution < 1.29 is 4.74 Å². The molecule has 0 bridgehead atoms. The van der Waals surface area contributed by atoms with Gasteiger partial charge in [-0.15, -0.1) is 0 Å². The summed E-state index contributed by atoms with van der Waals surface area (Å²) in [6.07, 6.45) is 1.00. The average Bonchev–Trinajstić information content (AvgIpc) is 2.35. The minimum atomic E-state index is 0.0458. The maximum Gasteiger partial charge on any atom is 0.144 e. The molecule has 0 aromatic carbocycles. The van der Waals surface area contributed by atoms with E-state index in [-0.39, 0.29) is 6.10 Å². The first kappa shape index (κ1) is 14.5. The molecule has 1 saturated heterocycles. The van der Waals surface area contributed by atoms with Crippen LogP contribution in [0.25, 0.3) is 0 Å². The third-order valence-electron chi connectivity index (χ3n) is 2.69. The van der Waals surface area contributed by atoms with E-state index in [1.165, 1.54) is 0 Å². The Kier molecular flexibility index (Phi) is 5.24. The second kappa shape index (κ2) is 6.50. The van der Waals surface area contributed by atoms with E-state index < -0.39 is 0 Å². The Balaban J connectivity index is 2.30. The Morgan fingerprint density at radius 1 is 1.61 bits per heavy atom. The van der Waals surface area contributed by atoms with Crippen LogP contribution in [0.4, 0.5) is 0 Å². The molecular weight excluding hydrogens is 332 g/mol. The largest absolute Gasteiger partial charge is 0.369 e. The molecule has 0 saturated carbocycles. The highest BCUT2D eigenvalue weighted by atomic mass is 79.9. The molecule has 18 heavy (non-hydrogen) atoms. The Hall–Kier alpha value is 0.0900. The van der Waals surface area contributed by atoms with Gasteiger partial charge >= 0.3 is 0 Å².